The lowest BCUT2D eigenvalue weighted by molar-refractivity contribution is 0.0981. The van der Waals surface area contributed by atoms with Crippen molar-refractivity contribution in [3.8, 4) is 5.69 Å². The van der Waals surface area contributed by atoms with Gasteiger partial charge in [-0.15, -0.1) is 0 Å². The van der Waals surface area contributed by atoms with E-state index in [4.69, 9.17) is 11.6 Å². The van der Waals surface area contributed by atoms with Crippen LogP contribution in [0.3, 0.4) is 0 Å². The molecule has 3 aromatic carbocycles. The Bertz CT molecular complexity index is 1570. The van der Waals surface area contributed by atoms with Gasteiger partial charge in [-0.1, -0.05) is 61.2 Å². The molecule has 0 atom stereocenters. The van der Waals surface area contributed by atoms with Crippen LogP contribution >= 0.6 is 11.6 Å². The fourth-order valence-electron chi connectivity index (χ4n) is 4.76. The first-order valence-electron chi connectivity index (χ1n) is 11.5. The van der Waals surface area contributed by atoms with Gasteiger partial charge in [0.25, 0.3) is 21.5 Å². The van der Waals surface area contributed by atoms with Gasteiger partial charge in [0.2, 0.25) is 0 Å². The maximum absolute atomic E-state index is 13.6. The van der Waals surface area contributed by atoms with Crippen molar-refractivity contribution in [2.45, 2.75) is 43.0 Å². The second kappa shape index (κ2) is 9.36. The van der Waals surface area contributed by atoms with Crippen molar-refractivity contribution >= 4 is 38.4 Å². The first-order chi connectivity index (χ1) is 16.9. The Morgan fingerprint density at radius 1 is 0.914 bits per heavy atom. The molecule has 0 aliphatic heterocycles. The third-order valence-corrected chi connectivity index (χ3v) is 8.25. The smallest absolute Gasteiger partial charge is 0.274 e. The van der Waals surface area contributed by atoms with E-state index in [0.29, 0.717) is 5.39 Å². The van der Waals surface area contributed by atoms with E-state index >= 15 is 0 Å². The number of rotatable bonds is 5. The lowest BCUT2D eigenvalue weighted by Gasteiger charge is -2.26. The third-order valence-electron chi connectivity index (χ3n) is 6.42. The zero-order chi connectivity index (χ0) is 24.6. The zero-order valence-electron chi connectivity index (χ0n) is 18.9. The number of nitrogens with zero attached hydrogens (tertiary/aromatic N) is 2. The van der Waals surface area contributed by atoms with E-state index in [9.17, 15) is 18.0 Å². The number of nitrogens with one attached hydrogen (secondary N) is 1. The van der Waals surface area contributed by atoms with E-state index in [2.05, 4.69) is 4.72 Å². The lowest BCUT2D eigenvalue weighted by atomic mass is 9.95. The second-order valence-corrected chi connectivity index (χ2v) is 10.7. The van der Waals surface area contributed by atoms with Crippen molar-refractivity contribution in [3.63, 3.8) is 0 Å². The van der Waals surface area contributed by atoms with Crippen LogP contribution in [0.1, 0.15) is 48.5 Å². The number of hydrogen-bond donors (Lipinski definition) is 1. The molecule has 9 heteroatoms. The number of aromatic nitrogens is 2. The van der Waals surface area contributed by atoms with Crippen LogP contribution in [0.2, 0.25) is 5.02 Å². The van der Waals surface area contributed by atoms with Gasteiger partial charge in [0.05, 0.1) is 27.7 Å². The molecular weight excluding hydrogens is 486 g/mol. The summed E-state index contributed by atoms with van der Waals surface area (Å²) in [6.07, 6.45) is 5.29. The molecule has 1 fully saturated rings. The predicted molar refractivity (Wildman–Crippen MR) is 136 cm³/mol. The summed E-state index contributed by atoms with van der Waals surface area (Å²) in [5.41, 5.74) is 1.29. The van der Waals surface area contributed by atoms with E-state index < -0.39 is 15.9 Å². The van der Waals surface area contributed by atoms with E-state index in [0.717, 1.165) is 36.9 Å². The molecule has 1 aliphatic rings. The molecule has 0 radical (unpaired) electrons. The molecule has 0 bridgehead atoms. The SMILES string of the molecule is O=C(NS(=O)(=O)c1ccccc1Cl)c1ccc2c(c1)c(=O)n(-c1ccccc1)n2C1CCCCC1. The minimum Gasteiger partial charge on any atom is -0.274 e. The summed E-state index contributed by atoms with van der Waals surface area (Å²) in [5.74, 6) is -0.831. The number of carbonyl (C=O) groups is 1. The monoisotopic (exact) mass is 509 g/mol. The number of halogens is 1. The number of sulfonamides is 1. The summed E-state index contributed by atoms with van der Waals surface area (Å²) >= 11 is 6.01. The van der Waals surface area contributed by atoms with Crippen molar-refractivity contribution in [3.05, 3.63) is 93.7 Å². The quantitative estimate of drug-likeness (QED) is 0.406. The van der Waals surface area contributed by atoms with Gasteiger partial charge < -0.3 is 0 Å². The molecule has 1 aromatic heterocycles. The van der Waals surface area contributed by atoms with Crippen molar-refractivity contribution in [1.29, 1.82) is 0 Å². The average molecular weight is 510 g/mol. The van der Waals surface area contributed by atoms with Gasteiger partial charge in [-0.25, -0.2) is 17.8 Å². The van der Waals surface area contributed by atoms with Gasteiger partial charge in [-0.05, 0) is 55.3 Å². The van der Waals surface area contributed by atoms with Crippen LogP contribution < -0.4 is 10.3 Å². The minimum atomic E-state index is -4.18. The Balaban J connectivity index is 1.59. The number of para-hydroxylation sites is 1. The van der Waals surface area contributed by atoms with Gasteiger partial charge in [0.15, 0.2) is 0 Å². The Hall–Kier alpha value is -3.36. The van der Waals surface area contributed by atoms with Crippen molar-refractivity contribution < 1.29 is 13.2 Å². The maximum atomic E-state index is 13.6. The Morgan fingerprint density at radius 3 is 2.31 bits per heavy atom. The summed E-state index contributed by atoms with van der Waals surface area (Å²) in [4.78, 5) is 26.3. The summed E-state index contributed by atoms with van der Waals surface area (Å²) in [5, 5.41) is 0.376. The second-order valence-electron chi connectivity index (χ2n) is 8.69. The van der Waals surface area contributed by atoms with Gasteiger partial charge in [0.1, 0.15) is 4.90 Å². The fraction of sp³-hybridized carbons (Fsp3) is 0.231. The topological polar surface area (TPSA) is 90.2 Å². The first-order valence-corrected chi connectivity index (χ1v) is 13.4. The third kappa shape index (κ3) is 4.39. The molecule has 1 N–H and O–H groups in total. The van der Waals surface area contributed by atoms with Crippen molar-refractivity contribution in [2.24, 2.45) is 0 Å². The molecule has 1 heterocycles. The molecule has 35 heavy (non-hydrogen) atoms. The van der Waals surface area contributed by atoms with Gasteiger partial charge in [-0.3, -0.25) is 14.3 Å². The van der Waals surface area contributed by atoms with Crippen LogP contribution in [0.25, 0.3) is 16.6 Å². The Kier molecular flexibility index (Phi) is 6.25. The highest BCUT2D eigenvalue weighted by atomic mass is 35.5. The minimum absolute atomic E-state index is 0.0126. The fourth-order valence-corrected chi connectivity index (χ4v) is 6.26. The molecule has 1 saturated carbocycles. The Morgan fingerprint density at radius 2 is 1.60 bits per heavy atom. The zero-order valence-corrected chi connectivity index (χ0v) is 20.4. The summed E-state index contributed by atoms with van der Waals surface area (Å²) in [6.45, 7) is 0. The van der Waals surface area contributed by atoms with Crippen LogP contribution in [-0.2, 0) is 10.0 Å². The molecule has 0 saturated heterocycles. The first kappa shape index (κ1) is 23.4. The van der Waals surface area contributed by atoms with Crippen molar-refractivity contribution in [1.82, 2.24) is 14.1 Å². The van der Waals surface area contributed by atoms with E-state index in [-0.39, 0.29) is 27.1 Å². The Labute approximate surface area is 208 Å². The van der Waals surface area contributed by atoms with Gasteiger partial charge in [-0.2, -0.15) is 0 Å². The number of benzene rings is 3. The summed E-state index contributed by atoms with van der Waals surface area (Å²) in [7, 11) is -4.18. The van der Waals surface area contributed by atoms with Crippen LogP contribution in [0.4, 0.5) is 0 Å². The molecule has 0 spiro atoms. The molecular formula is C26H24ClN3O4S. The van der Waals surface area contributed by atoms with E-state index in [1.165, 1.54) is 30.7 Å². The van der Waals surface area contributed by atoms with Gasteiger partial charge >= 0.3 is 0 Å². The number of amides is 1. The molecule has 1 amide bonds. The molecule has 1 aliphatic carbocycles. The molecule has 180 valence electrons. The van der Waals surface area contributed by atoms with Crippen LogP contribution in [0, 0.1) is 0 Å². The highest BCUT2D eigenvalue weighted by molar-refractivity contribution is 7.90. The van der Waals surface area contributed by atoms with Crippen LogP contribution in [0.15, 0.2) is 82.5 Å². The highest BCUT2D eigenvalue weighted by Gasteiger charge is 2.25. The van der Waals surface area contributed by atoms with Gasteiger partial charge in [0, 0.05) is 5.56 Å². The number of hydrogen-bond acceptors (Lipinski definition) is 4. The largest absolute Gasteiger partial charge is 0.279 e. The van der Waals surface area contributed by atoms with Crippen LogP contribution in [0.5, 0.6) is 0 Å². The molecule has 7 nitrogen and oxygen atoms in total. The molecule has 5 rings (SSSR count). The van der Waals surface area contributed by atoms with Crippen molar-refractivity contribution in [2.75, 3.05) is 0 Å². The molecule has 4 aromatic rings. The van der Waals surface area contributed by atoms with E-state index in [1.807, 2.05) is 35.0 Å². The average Bonchev–Trinajstić information content (AvgIpc) is 3.16. The highest BCUT2D eigenvalue weighted by Crippen LogP contribution is 2.32. The summed E-state index contributed by atoms with van der Waals surface area (Å²) in [6, 6.07) is 20.2. The number of fused-ring (bicyclic) bond motifs is 1. The normalized spacial score (nSPS) is 14.8. The standard InChI is InChI=1S/C26H24ClN3O4S/c27-22-13-7-8-14-24(22)35(33,34)28-25(31)18-15-16-23-21(17-18)26(32)30(20-11-5-2-6-12-20)29(23)19-9-3-1-4-10-19/h2,5-8,11-17,19H,1,3-4,9-10H2,(H,28,31). The van der Waals surface area contributed by atoms with E-state index in [1.54, 1.807) is 22.9 Å². The predicted octanol–water partition coefficient (Wildman–Crippen LogP) is 5.07. The molecule has 0 unspecified atom stereocenters. The maximum Gasteiger partial charge on any atom is 0.279 e. The lowest BCUT2D eigenvalue weighted by Crippen LogP contribution is -2.30. The summed E-state index contributed by atoms with van der Waals surface area (Å²) < 4.78 is 31.2. The van der Waals surface area contributed by atoms with Crippen LogP contribution in [-0.4, -0.2) is 23.7 Å². The number of carbonyl (C=O) groups excluding carboxylic acids is 1.